The molecule has 9 heteroatoms. The normalized spacial score (nSPS) is 11.2. The topological polar surface area (TPSA) is 113 Å². The van der Waals surface area contributed by atoms with Gasteiger partial charge in [-0.05, 0) is 19.1 Å². The second-order valence-electron chi connectivity index (χ2n) is 3.57. The van der Waals surface area contributed by atoms with Crippen LogP contribution in [0, 0.1) is 0 Å². The average Bonchev–Trinajstić information content (AvgIpc) is 2.75. The van der Waals surface area contributed by atoms with Crippen LogP contribution in [0.5, 0.6) is 0 Å². The Labute approximate surface area is 114 Å². The van der Waals surface area contributed by atoms with Crippen LogP contribution in [0.15, 0.2) is 16.3 Å². The summed E-state index contributed by atoms with van der Waals surface area (Å²) in [5.41, 5.74) is 0. The Morgan fingerprint density at radius 1 is 1.37 bits per heavy atom. The lowest BCUT2D eigenvalue weighted by Gasteiger charge is -2.04. The van der Waals surface area contributed by atoms with E-state index in [0.717, 1.165) is 11.3 Å². The molecule has 0 aliphatic rings. The largest absolute Gasteiger partial charge is 0.481 e. The third-order valence-corrected chi connectivity index (χ3v) is 5.00. The van der Waals surface area contributed by atoms with E-state index in [1.165, 1.54) is 12.1 Å². The molecule has 0 aliphatic carbocycles. The van der Waals surface area contributed by atoms with Crippen LogP contribution in [0.1, 0.15) is 11.8 Å². The van der Waals surface area contributed by atoms with Gasteiger partial charge in [-0.3, -0.25) is 9.59 Å². The molecule has 106 valence electrons. The summed E-state index contributed by atoms with van der Waals surface area (Å²) in [4.78, 5) is 22.1. The van der Waals surface area contributed by atoms with E-state index in [1.54, 1.807) is 6.92 Å². The van der Waals surface area contributed by atoms with Crippen molar-refractivity contribution in [3.63, 3.8) is 0 Å². The Kier molecular flexibility index (Phi) is 5.45. The van der Waals surface area contributed by atoms with Crippen LogP contribution in [0.4, 0.5) is 0 Å². The highest BCUT2D eigenvalue weighted by Gasteiger charge is 2.18. The summed E-state index contributed by atoms with van der Waals surface area (Å²) >= 11 is 0.870. The quantitative estimate of drug-likeness (QED) is 0.645. The van der Waals surface area contributed by atoms with Gasteiger partial charge in [0.25, 0.3) is 10.0 Å². The summed E-state index contributed by atoms with van der Waals surface area (Å²) in [5, 5.41) is 11.1. The van der Waals surface area contributed by atoms with Gasteiger partial charge in [0.05, 0.1) is 13.0 Å². The van der Waals surface area contributed by atoms with Crippen molar-refractivity contribution in [2.24, 2.45) is 0 Å². The molecular formula is C10H14N2O5S2. The minimum absolute atomic E-state index is 0.00644. The van der Waals surface area contributed by atoms with Crippen molar-refractivity contribution in [1.82, 2.24) is 10.0 Å². The molecule has 0 bridgehead atoms. The SMILES string of the molecule is CCNC(=O)CNS(=O)(=O)c1ccc(CC(=O)O)s1. The first kappa shape index (κ1) is 15.6. The van der Waals surface area contributed by atoms with Crippen LogP contribution in [-0.4, -0.2) is 38.5 Å². The Morgan fingerprint density at radius 3 is 2.63 bits per heavy atom. The first-order valence-corrected chi connectivity index (χ1v) is 7.72. The molecule has 0 fully saturated rings. The zero-order valence-corrected chi connectivity index (χ0v) is 11.8. The van der Waals surface area contributed by atoms with Crippen molar-refractivity contribution in [2.45, 2.75) is 17.6 Å². The fourth-order valence-electron chi connectivity index (χ4n) is 1.24. The first-order chi connectivity index (χ1) is 8.85. The molecule has 1 heterocycles. The van der Waals surface area contributed by atoms with Gasteiger partial charge in [0.1, 0.15) is 4.21 Å². The molecule has 0 radical (unpaired) electrons. The molecule has 19 heavy (non-hydrogen) atoms. The van der Waals surface area contributed by atoms with Crippen LogP contribution >= 0.6 is 11.3 Å². The van der Waals surface area contributed by atoms with E-state index in [4.69, 9.17) is 5.11 Å². The van der Waals surface area contributed by atoms with Gasteiger partial charge in [-0.2, -0.15) is 0 Å². The number of carbonyl (C=O) groups is 2. The molecule has 0 aromatic carbocycles. The molecule has 1 amide bonds. The monoisotopic (exact) mass is 306 g/mol. The Hall–Kier alpha value is -1.45. The first-order valence-electron chi connectivity index (χ1n) is 5.42. The van der Waals surface area contributed by atoms with Crippen molar-refractivity contribution in [2.75, 3.05) is 13.1 Å². The number of hydrogen-bond acceptors (Lipinski definition) is 5. The fraction of sp³-hybridized carbons (Fsp3) is 0.400. The minimum atomic E-state index is -3.77. The molecule has 0 aliphatic heterocycles. The molecule has 1 aromatic rings. The lowest BCUT2D eigenvalue weighted by molar-refractivity contribution is -0.136. The van der Waals surface area contributed by atoms with Crippen LogP contribution in [0.25, 0.3) is 0 Å². The zero-order chi connectivity index (χ0) is 14.5. The number of hydrogen-bond donors (Lipinski definition) is 3. The van der Waals surface area contributed by atoms with E-state index in [0.29, 0.717) is 11.4 Å². The van der Waals surface area contributed by atoms with E-state index >= 15 is 0 Å². The van der Waals surface area contributed by atoms with E-state index in [2.05, 4.69) is 10.0 Å². The molecule has 7 nitrogen and oxygen atoms in total. The standard InChI is InChI=1S/C10H14N2O5S2/c1-2-11-8(13)6-12-19(16,17)10-4-3-7(18-10)5-9(14)15/h3-4,12H,2,5-6H2,1H3,(H,11,13)(H,14,15). The van der Waals surface area contributed by atoms with Gasteiger partial charge in [0, 0.05) is 11.4 Å². The summed E-state index contributed by atoms with van der Waals surface area (Å²) in [6.45, 7) is 1.80. The predicted molar refractivity (Wildman–Crippen MR) is 69.5 cm³/mol. The third-order valence-electron chi connectivity index (χ3n) is 2.02. The lowest BCUT2D eigenvalue weighted by atomic mass is 10.3. The Balaban J connectivity index is 2.69. The lowest BCUT2D eigenvalue weighted by Crippen LogP contribution is -2.36. The number of carbonyl (C=O) groups excluding carboxylic acids is 1. The number of thiophene rings is 1. The van der Waals surface area contributed by atoms with Gasteiger partial charge < -0.3 is 10.4 Å². The van der Waals surface area contributed by atoms with Gasteiger partial charge in [0.15, 0.2) is 0 Å². The van der Waals surface area contributed by atoms with E-state index < -0.39 is 21.9 Å². The maximum atomic E-state index is 11.8. The maximum Gasteiger partial charge on any atom is 0.308 e. The van der Waals surface area contributed by atoms with Crippen LogP contribution in [0.2, 0.25) is 0 Å². The Bertz CT molecular complexity index is 564. The molecule has 0 spiro atoms. The third kappa shape index (κ3) is 4.97. The number of sulfonamides is 1. The number of aliphatic carboxylic acids is 1. The van der Waals surface area contributed by atoms with Gasteiger partial charge in [-0.15, -0.1) is 11.3 Å². The van der Waals surface area contributed by atoms with Crippen LogP contribution < -0.4 is 10.0 Å². The summed E-state index contributed by atoms with van der Waals surface area (Å²) < 4.78 is 25.8. The van der Waals surface area contributed by atoms with Crippen molar-refractivity contribution >= 4 is 33.2 Å². The molecule has 0 atom stereocenters. The van der Waals surface area contributed by atoms with Gasteiger partial charge >= 0.3 is 5.97 Å². The summed E-state index contributed by atoms with van der Waals surface area (Å²) in [7, 11) is -3.77. The number of carboxylic acid groups (broad SMARTS) is 1. The second kappa shape index (κ2) is 6.64. The summed E-state index contributed by atoms with van der Waals surface area (Å²) in [6.07, 6.45) is -0.226. The number of carboxylic acids is 1. The number of rotatable bonds is 7. The molecule has 1 aromatic heterocycles. The molecule has 0 saturated carbocycles. The molecule has 0 unspecified atom stereocenters. The number of amides is 1. The highest BCUT2D eigenvalue weighted by Crippen LogP contribution is 2.21. The average molecular weight is 306 g/mol. The maximum absolute atomic E-state index is 11.8. The molecular weight excluding hydrogens is 292 g/mol. The van der Waals surface area contributed by atoms with Crippen LogP contribution in [-0.2, 0) is 26.0 Å². The summed E-state index contributed by atoms with van der Waals surface area (Å²) in [5.74, 6) is -1.45. The smallest absolute Gasteiger partial charge is 0.308 e. The molecule has 0 saturated heterocycles. The van der Waals surface area contributed by atoms with E-state index in [1.807, 2.05) is 0 Å². The van der Waals surface area contributed by atoms with Crippen LogP contribution in [0.3, 0.4) is 0 Å². The predicted octanol–water partition coefficient (Wildman–Crippen LogP) is -0.210. The van der Waals surface area contributed by atoms with Gasteiger partial charge in [-0.1, -0.05) is 0 Å². The van der Waals surface area contributed by atoms with Gasteiger partial charge in [0.2, 0.25) is 5.91 Å². The summed E-state index contributed by atoms with van der Waals surface area (Å²) in [6, 6.07) is 2.77. The number of nitrogens with one attached hydrogen (secondary N) is 2. The van der Waals surface area contributed by atoms with E-state index in [-0.39, 0.29) is 17.2 Å². The van der Waals surface area contributed by atoms with Crippen molar-refractivity contribution < 1.29 is 23.1 Å². The zero-order valence-electron chi connectivity index (χ0n) is 10.2. The Morgan fingerprint density at radius 2 is 2.05 bits per heavy atom. The highest BCUT2D eigenvalue weighted by molar-refractivity contribution is 7.91. The van der Waals surface area contributed by atoms with E-state index in [9.17, 15) is 18.0 Å². The molecule has 1 rings (SSSR count). The second-order valence-corrected chi connectivity index (χ2v) is 6.73. The van der Waals surface area contributed by atoms with Crippen molar-refractivity contribution in [3.05, 3.63) is 17.0 Å². The highest BCUT2D eigenvalue weighted by atomic mass is 32.2. The number of likely N-dealkylation sites (N-methyl/N-ethyl adjacent to an activating group) is 1. The molecule has 3 N–H and O–H groups in total. The minimum Gasteiger partial charge on any atom is -0.481 e. The van der Waals surface area contributed by atoms with Gasteiger partial charge in [-0.25, -0.2) is 13.1 Å². The fourth-order valence-corrected chi connectivity index (χ4v) is 3.61. The van der Waals surface area contributed by atoms with Crippen molar-refractivity contribution in [3.8, 4) is 0 Å². The van der Waals surface area contributed by atoms with Crippen molar-refractivity contribution in [1.29, 1.82) is 0 Å².